The minimum atomic E-state index is -0.212. The Morgan fingerprint density at radius 1 is 1.64 bits per heavy atom. The zero-order chi connectivity index (χ0) is 8.69. The molecule has 2 N–H and O–H groups in total. The summed E-state index contributed by atoms with van der Waals surface area (Å²) in [6, 6.07) is 0. The summed E-state index contributed by atoms with van der Waals surface area (Å²) in [6.45, 7) is 4.01. The van der Waals surface area contributed by atoms with Crippen molar-refractivity contribution in [1.82, 2.24) is 0 Å². The summed E-state index contributed by atoms with van der Waals surface area (Å²) >= 11 is 0. The van der Waals surface area contributed by atoms with Crippen LogP contribution in [0.4, 0.5) is 0 Å². The van der Waals surface area contributed by atoms with E-state index >= 15 is 0 Å². The fraction of sp³-hybridized carbons (Fsp3) is 0.667. The number of hydrogen-bond donors (Lipinski definition) is 1. The minimum Gasteiger partial charge on any atom is -0.369 e. The molecule has 0 aromatic carbocycles. The molecule has 0 saturated heterocycles. The molecule has 0 aromatic heterocycles. The molecular weight excluding hydrogens is 138 g/mol. The molecule has 2 heteroatoms. The average molecular weight is 155 g/mol. The number of allylic oxidation sites excluding steroid dienone is 1. The highest BCUT2D eigenvalue weighted by Crippen LogP contribution is 2.08. The van der Waals surface area contributed by atoms with Crippen LogP contribution in [0.15, 0.2) is 12.2 Å². The quantitative estimate of drug-likeness (QED) is 0.605. The minimum absolute atomic E-state index is 0.0556. The third-order valence-corrected chi connectivity index (χ3v) is 1.66. The van der Waals surface area contributed by atoms with E-state index in [4.69, 9.17) is 5.73 Å². The number of carbonyl (C=O) groups is 1. The van der Waals surface area contributed by atoms with E-state index in [-0.39, 0.29) is 11.8 Å². The molecule has 2 nitrogen and oxygen atoms in total. The topological polar surface area (TPSA) is 43.1 Å². The van der Waals surface area contributed by atoms with Crippen LogP contribution in [0.1, 0.15) is 33.1 Å². The van der Waals surface area contributed by atoms with Crippen LogP contribution in [0.25, 0.3) is 0 Å². The van der Waals surface area contributed by atoms with Gasteiger partial charge in [0.2, 0.25) is 5.91 Å². The maximum absolute atomic E-state index is 10.8. The van der Waals surface area contributed by atoms with Crippen molar-refractivity contribution in [2.45, 2.75) is 33.1 Å². The van der Waals surface area contributed by atoms with Gasteiger partial charge in [-0.2, -0.15) is 0 Å². The van der Waals surface area contributed by atoms with Gasteiger partial charge in [-0.25, -0.2) is 0 Å². The van der Waals surface area contributed by atoms with E-state index in [1.807, 2.05) is 19.1 Å². The summed E-state index contributed by atoms with van der Waals surface area (Å²) in [7, 11) is 0. The van der Waals surface area contributed by atoms with Crippen molar-refractivity contribution in [3.05, 3.63) is 12.2 Å². The van der Waals surface area contributed by atoms with E-state index < -0.39 is 0 Å². The Hall–Kier alpha value is -0.790. The van der Waals surface area contributed by atoms with Gasteiger partial charge in [0, 0.05) is 0 Å². The molecule has 0 radical (unpaired) electrons. The number of amides is 1. The second-order valence-corrected chi connectivity index (χ2v) is 2.68. The predicted molar refractivity (Wildman–Crippen MR) is 47.0 cm³/mol. The molecule has 0 aromatic rings. The molecule has 0 rings (SSSR count). The second-order valence-electron chi connectivity index (χ2n) is 2.68. The summed E-state index contributed by atoms with van der Waals surface area (Å²) in [5.41, 5.74) is 5.17. The van der Waals surface area contributed by atoms with Crippen molar-refractivity contribution < 1.29 is 4.79 Å². The molecule has 1 unspecified atom stereocenters. The summed E-state index contributed by atoms with van der Waals surface area (Å²) in [4.78, 5) is 10.8. The molecule has 11 heavy (non-hydrogen) atoms. The number of hydrogen-bond acceptors (Lipinski definition) is 1. The normalized spacial score (nSPS) is 13.6. The molecule has 0 saturated carbocycles. The molecule has 0 aliphatic carbocycles. The van der Waals surface area contributed by atoms with E-state index in [0.717, 1.165) is 19.3 Å². The largest absolute Gasteiger partial charge is 0.369 e. The Labute approximate surface area is 68.5 Å². The highest BCUT2D eigenvalue weighted by atomic mass is 16.1. The van der Waals surface area contributed by atoms with Gasteiger partial charge in [-0.3, -0.25) is 4.79 Å². The molecule has 0 bridgehead atoms. The van der Waals surface area contributed by atoms with E-state index in [9.17, 15) is 4.79 Å². The van der Waals surface area contributed by atoms with Gasteiger partial charge in [0.05, 0.1) is 5.92 Å². The molecule has 1 amide bonds. The number of rotatable bonds is 5. The lowest BCUT2D eigenvalue weighted by Gasteiger charge is -2.05. The summed E-state index contributed by atoms with van der Waals surface area (Å²) in [5, 5.41) is 0. The van der Waals surface area contributed by atoms with Crippen LogP contribution in [-0.2, 0) is 4.79 Å². The van der Waals surface area contributed by atoms with Gasteiger partial charge in [-0.05, 0) is 13.3 Å². The van der Waals surface area contributed by atoms with Gasteiger partial charge in [-0.1, -0.05) is 31.9 Å². The molecular formula is C9H17NO. The SMILES string of the molecule is CC=CC(CCCC)C(N)=O. The summed E-state index contributed by atoms with van der Waals surface area (Å²) < 4.78 is 0. The standard InChI is InChI=1S/C9H17NO/c1-3-5-7-8(6-4-2)9(10)11/h4,6,8H,3,5,7H2,1-2H3,(H2,10,11). The van der Waals surface area contributed by atoms with Crippen molar-refractivity contribution >= 4 is 5.91 Å². The van der Waals surface area contributed by atoms with Crippen molar-refractivity contribution in [3.63, 3.8) is 0 Å². The van der Waals surface area contributed by atoms with Crippen LogP contribution < -0.4 is 5.73 Å². The fourth-order valence-corrected chi connectivity index (χ4v) is 0.990. The predicted octanol–water partition coefficient (Wildman–Crippen LogP) is 1.85. The third-order valence-electron chi connectivity index (χ3n) is 1.66. The number of nitrogens with two attached hydrogens (primary N) is 1. The highest BCUT2D eigenvalue weighted by Gasteiger charge is 2.09. The monoisotopic (exact) mass is 155 g/mol. The van der Waals surface area contributed by atoms with E-state index in [1.165, 1.54) is 0 Å². The zero-order valence-electron chi connectivity index (χ0n) is 7.34. The van der Waals surface area contributed by atoms with Gasteiger partial charge < -0.3 is 5.73 Å². The van der Waals surface area contributed by atoms with Crippen LogP contribution in [-0.4, -0.2) is 5.91 Å². The Balaban J connectivity index is 3.79. The van der Waals surface area contributed by atoms with Gasteiger partial charge in [-0.15, -0.1) is 0 Å². The van der Waals surface area contributed by atoms with Crippen molar-refractivity contribution in [1.29, 1.82) is 0 Å². The first kappa shape index (κ1) is 10.2. The van der Waals surface area contributed by atoms with Crippen LogP contribution in [0.2, 0.25) is 0 Å². The van der Waals surface area contributed by atoms with Gasteiger partial charge in [0.15, 0.2) is 0 Å². The molecule has 0 aliphatic heterocycles. The molecule has 0 heterocycles. The lowest BCUT2D eigenvalue weighted by molar-refractivity contribution is -0.120. The van der Waals surface area contributed by atoms with Crippen LogP contribution in [0.5, 0.6) is 0 Å². The Morgan fingerprint density at radius 3 is 2.64 bits per heavy atom. The molecule has 64 valence electrons. The zero-order valence-corrected chi connectivity index (χ0v) is 7.34. The maximum Gasteiger partial charge on any atom is 0.224 e. The summed E-state index contributed by atoms with van der Waals surface area (Å²) in [5.74, 6) is -0.267. The van der Waals surface area contributed by atoms with Crippen molar-refractivity contribution in [2.24, 2.45) is 11.7 Å². The van der Waals surface area contributed by atoms with Crippen LogP contribution in [0, 0.1) is 5.92 Å². The lowest BCUT2D eigenvalue weighted by atomic mass is 10.0. The Bertz CT molecular complexity index is 140. The number of primary amides is 1. The van der Waals surface area contributed by atoms with Crippen molar-refractivity contribution in [2.75, 3.05) is 0 Å². The average Bonchev–Trinajstić information content (AvgIpc) is 1.97. The Morgan fingerprint density at radius 2 is 2.27 bits per heavy atom. The molecule has 1 atom stereocenters. The smallest absolute Gasteiger partial charge is 0.224 e. The number of unbranched alkanes of at least 4 members (excludes halogenated alkanes) is 1. The van der Waals surface area contributed by atoms with E-state index in [2.05, 4.69) is 6.92 Å². The first-order chi connectivity index (χ1) is 5.22. The lowest BCUT2D eigenvalue weighted by Crippen LogP contribution is -2.21. The molecule has 0 fully saturated rings. The van der Waals surface area contributed by atoms with E-state index in [1.54, 1.807) is 0 Å². The first-order valence-corrected chi connectivity index (χ1v) is 4.14. The van der Waals surface area contributed by atoms with Crippen LogP contribution in [0.3, 0.4) is 0 Å². The first-order valence-electron chi connectivity index (χ1n) is 4.14. The van der Waals surface area contributed by atoms with Crippen LogP contribution >= 0.6 is 0 Å². The van der Waals surface area contributed by atoms with E-state index in [0.29, 0.717) is 0 Å². The molecule has 0 aliphatic rings. The Kier molecular flexibility index (Phi) is 5.53. The molecule has 0 spiro atoms. The highest BCUT2D eigenvalue weighted by molar-refractivity contribution is 5.78. The summed E-state index contributed by atoms with van der Waals surface area (Å²) in [6.07, 6.45) is 6.82. The second kappa shape index (κ2) is 5.96. The van der Waals surface area contributed by atoms with Gasteiger partial charge in [0.25, 0.3) is 0 Å². The third kappa shape index (κ3) is 4.59. The number of carbonyl (C=O) groups excluding carboxylic acids is 1. The van der Waals surface area contributed by atoms with Crippen molar-refractivity contribution in [3.8, 4) is 0 Å². The maximum atomic E-state index is 10.8. The van der Waals surface area contributed by atoms with Gasteiger partial charge in [0.1, 0.15) is 0 Å². The fourth-order valence-electron chi connectivity index (χ4n) is 0.990. The van der Waals surface area contributed by atoms with Gasteiger partial charge >= 0.3 is 0 Å².